The van der Waals surface area contributed by atoms with Crippen LogP contribution in [0.1, 0.15) is 16.2 Å². The molecule has 26 heavy (non-hydrogen) atoms. The number of H-pyrrole nitrogens is 1. The lowest BCUT2D eigenvalue weighted by Crippen LogP contribution is -2.13. The van der Waals surface area contributed by atoms with Crippen molar-refractivity contribution in [1.29, 1.82) is 0 Å². The molecule has 4 rings (SSSR count). The lowest BCUT2D eigenvalue weighted by atomic mass is 10.2. The summed E-state index contributed by atoms with van der Waals surface area (Å²) in [5.41, 5.74) is 3.38. The third-order valence-corrected chi connectivity index (χ3v) is 3.85. The Labute approximate surface area is 149 Å². The number of carbonyl (C=O) groups excluding carboxylic acids is 1. The first-order valence-corrected chi connectivity index (χ1v) is 8.13. The molecule has 128 valence electrons. The molecule has 6 heteroatoms. The van der Waals surface area contributed by atoms with Gasteiger partial charge in [0.15, 0.2) is 5.82 Å². The second kappa shape index (κ2) is 6.68. The highest BCUT2D eigenvalue weighted by Gasteiger charge is 2.12. The highest BCUT2D eigenvalue weighted by molar-refractivity contribution is 6.03. The van der Waals surface area contributed by atoms with Gasteiger partial charge >= 0.3 is 0 Å². The molecule has 0 saturated carbocycles. The molecule has 0 bridgehead atoms. The number of nitrogens with zero attached hydrogens (tertiary/aromatic N) is 2. The number of hydrogen-bond donors (Lipinski definition) is 2. The van der Waals surface area contributed by atoms with Crippen molar-refractivity contribution >= 4 is 22.6 Å². The largest absolute Gasteiger partial charge is 0.457 e. The van der Waals surface area contributed by atoms with E-state index in [9.17, 15) is 4.79 Å². The van der Waals surface area contributed by atoms with E-state index < -0.39 is 0 Å². The summed E-state index contributed by atoms with van der Waals surface area (Å²) < 4.78 is 5.70. The normalized spacial score (nSPS) is 10.7. The lowest BCUT2D eigenvalue weighted by molar-refractivity contribution is 0.101. The van der Waals surface area contributed by atoms with Crippen LogP contribution in [0.4, 0.5) is 5.69 Å². The van der Waals surface area contributed by atoms with Gasteiger partial charge < -0.3 is 15.0 Å². The molecule has 0 fully saturated rings. The van der Waals surface area contributed by atoms with Gasteiger partial charge in [0.05, 0.1) is 11.0 Å². The van der Waals surface area contributed by atoms with Crippen LogP contribution in [0.15, 0.2) is 67.0 Å². The number of amides is 1. The van der Waals surface area contributed by atoms with Gasteiger partial charge in [0.25, 0.3) is 5.91 Å². The van der Waals surface area contributed by atoms with Gasteiger partial charge in [-0.05, 0) is 61.0 Å². The van der Waals surface area contributed by atoms with Crippen molar-refractivity contribution in [3.63, 3.8) is 0 Å². The smallest absolute Gasteiger partial charge is 0.291 e. The SMILES string of the molecule is Cc1ccc2nc(C(=O)Nc3ccc(Oc4ccncc4)cc3)[nH]c2c1. The van der Waals surface area contributed by atoms with E-state index in [0.29, 0.717) is 17.2 Å². The van der Waals surface area contributed by atoms with Crippen molar-refractivity contribution in [3.05, 3.63) is 78.4 Å². The third kappa shape index (κ3) is 3.39. The summed E-state index contributed by atoms with van der Waals surface area (Å²) in [5.74, 6) is 1.37. The molecule has 0 atom stereocenters. The van der Waals surface area contributed by atoms with Crippen LogP contribution >= 0.6 is 0 Å². The minimum atomic E-state index is -0.290. The van der Waals surface area contributed by atoms with Gasteiger partial charge in [-0.3, -0.25) is 9.78 Å². The number of hydrogen-bond acceptors (Lipinski definition) is 4. The quantitative estimate of drug-likeness (QED) is 0.578. The van der Waals surface area contributed by atoms with Gasteiger partial charge in [0.1, 0.15) is 11.5 Å². The van der Waals surface area contributed by atoms with Gasteiger partial charge in [-0.15, -0.1) is 0 Å². The second-order valence-corrected chi connectivity index (χ2v) is 5.87. The highest BCUT2D eigenvalue weighted by atomic mass is 16.5. The topological polar surface area (TPSA) is 79.9 Å². The fourth-order valence-electron chi connectivity index (χ4n) is 2.57. The highest BCUT2D eigenvalue weighted by Crippen LogP contribution is 2.22. The maximum absolute atomic E-state index is 12.4. The number of nitrogens with one attached hydrogen (secondary N) is 2. The van der Waals surface area contributed by atoms with Crippen LogP contribution in [-0.4, -0.2) is 20.9 Å². The summed E-state index contributed by atoms with van der Waals surface area (Å²) in [4.78, 5) is 23.7. The average Bonchev–Trinajstić information content (AvgIpc) is 3.07. The fraction of sp³-hybridized carbons (Fsp3) is 0.0500. The minimum absolute atomic E-state index is 0.280. The molecule has 0 aliphatic heterocycles. The molecule has 0 spiro atoms. The number of aromatic nitrogens is 3. The molecule has 2 aromatic carbocycles. The van der Waals surface area contributed by atoms with E-state index in [0.717, 1.165) is 16.6 Å². The molecule has 4 aromatic rings. The number of ether oxygens (including phenoxy) is 1. The first kappa shape index (κ1) is 15.8. The van der Waals surface area contributed by atoms with E-state index in [-0.39, 0.29) is 11.7 Å². The van der Waals surface area contributed by atoms with E-state index in [4.69, 9.17) is 4.74 Å². The Morgan fingerprint density at radius 2 is 1.73 bits per heavy atom. The van der Waals surface area contributed by atoms with Crippen molar-refractivity contribution in [2.75, 3.05) is 5.32 Å². The molecule has 2 aromatic heterocycles. The zero-order chi connectivity index (χ0) is 17.9. The number of aryl methyl sites for hydroxylation is 1. The summed E-state index contributed by atoms with van der Waals surface area (Å²) in [6.45, 7) is 2.00. The predicted octanol–water partition coefficient (Wildman–Crippen LogP) is 4.31. The first-order chi connectivity index (χ1) is 12.7. The molecule has 0 unspecified atom stereocenters. The Kier molecular flexibility index (Phi) is 4.07. The molecular formula is C20H16N4O2. The van der Waals surface area contributed by atoms with Crippen molar-refractivity contribution in [2.45, 2.75) is 6.92 Å². The number of rotatable bonds is 4. The molecule has 0 aliphatic carbocycles. The van der Waals surface area contributed by atoms with Crippen LogP contribution in [0.5, 0.6) is 11.5 Å². The number of benzene rings is 2. The van der Waals surface area contributed by atoms with E-state index in [1.165, 1.54) is 0 Å². The van der Waals surface area contributed by atoms with Gasteiger partial charge in [-0.1, -0.05) is 6.07 Å². The van der Waals surface area contributed by atoms with Gasteiger partial charge in [0.2, 0.25) is 0 Å². The first-order valence-electron chi connectivity index (χ1n) is 8.13. The van der Waals surface area contributed by atoms with Crippen LogP contribution in [0.3, 0.4) is 0 Å². The zero-order valence-electron chi connectivity index (χ0n) is 14.1. The summed E-state index contributed by atoms with van der Waals surface area (Å²) in [6.07, 6.45) is 3.33. The Morgan fingerprint density at radius 1 is 1.00 bits per heavy atom. The third-order valence-electron chi connectivity index (χ3n) is 3.85. The lowest BCUT2D eigenvalue weighted by Gasteiger charge is -2.07. The van der Waals surface area contributed by atoms with E-state index in [1.807, 2.05) is 25.1 Å². The second-order valence-electron chi connectivity index (χ2n) is 5.87. The maximum atomic E-state index is 12.4. The minimum Gasteiger partial charge on any atom is -0.457 e. The zero-order valence-corrected chi connectivity index (χ0v) is 14.1. The van der Waals surface area contributed by atoms with Crippen molar-refractivity contribution < 1.29 is 9.53 Å². The van der Waals surface area contributed by atoms with E-state index >= 15 is 0 Å². The molecule has 1 amide bonds. The Bertz CT molecular complexity index is 1060. The maximum Gasteiger partial charge on any atom is 0.291 e. The van der Waals surface area contributed by atoms with E-state index in [2.05, 4.69) is 20.3 Å². The van der Waals surface area contributed by atoms with Gasteiger partial charge in [0, 0.05) is 18.1 Å². The number of anilines is 1. The van der Waals surface area contributed by atoms with Crippen LogP contribution in [0, 0.1) is 6.92 Å². The number of fused-ring (bicyclic) bond motifs is 1. The standard InChI is InChI=1S/C20H16N4O2/c1-13-2-7-17-18(12-13)24-19(23-17)20(25)22-14-3-5-15(6-4-14)26-16-8-10-21-11-9-16/h2-12H,1H3,(H,22,25)(H,23,24). The van der Waals surface area contributed by atoms with Crippen molar-refractivity contribution in [1.82, 2.24) is 15.0 Å². The van der Waals surface area contributed by atoms with Gasteiger partial charge in [-0.25, -0.2) is 4.98 Å². The monoisotopic (exact) mass is 344 g/mol. The van der Waals surface area contributed by atoms with Gasteiger partial charge in [-0.2, -0.15) is 0 Å². The fourth-order valence-corrected chi connectivity index (χ4v) is 2.57. The molecule has 0 aliphatic rings. The number of aromatic amines is 1. The molecule has 2 heterocycles. The van der Waals surface area contributed by atoms with Crippen LogP contribution in [0.2, 0.25) is 0 Å². The molecule has 0 saturated heterocycles. The summed E-state index contributed by atoms with van der Waals surface area (Å²) in [7, 11) is 0. The van der Waals surface area contributed by atoms with Crippen LogP contribution < -0.4 is 10.1 Å². The Morgan fingerprint density at radius 3 is 2.50 bits per heavy atom. The molecule has 0 radical (unpaired) electrons. The van der Waals surface area contributed by atoms with Crippen LogP contribution in [0.25, 0.3) is 11.0 Å². The molecule has 2 N–H and O–H groups in total. The molecular weight excluding hydrogens is 328 g/mol. The van der Waals surface area contributed by atoms with Crippen molar-refractivity contribution in [3.8, 4) is 11.5 Å². The summed E-state index contributed by atoms with van der Waals surface area (Å²) >= 11 is 0. The van der Waals surface area contributed by atoms with E-state index in [1.54, 1.807) is 48.8 Å². The Balaban J connectivity index is 1.46. The number of imidazole rings is 1. The molecule has 6 nitrogen and oxygen atoms in total. The summed E-state index contributed by atoms with van der Waals surface area (Å²) in [5, 5.41) is 2.83. The predicted molar refractivity (Wildman–Crippen MR) is 99.5 cm³/mol. The number of carbonyl (C=O) groups is 1. The van der Waals surface area contributed by atoms with Crippen molar-refractivity contribution in [2.24, 2.45) is 0 Å². The average molecular weight is 344 g/mol. The number of pyridine rings is 1. The Hall–Kier alpha value is -3.67. The van der Waals surface area contributed by atoms with Crippen LogP contribution in [-0.2, 0) is 0 Å². The summed E-state index contributed by atoms with van der Waals surface area (Å²) in [6, 6.07) is 16.5.